The molecule has 3 aromatic rings. The molecular formula is C28H37N3O2. The SMILES string of the molecule is COc1cc(-c2[nH]c3ccc(C4CCN(C(=O)CN(C)C)CC4)cc3c2C(C)C)ccc1C. The number of ether oxygens (including phenoxy) is 1. The van der Waals surface area contributed by atoms with E-state index >= 15 is 0 Å². The van der Waals surface area contributed by atoms with Gasteiger partial charge in [0.05, 0.1) is 19.3 Å². The summed E-state index contributed by atoms with van der Waals surface area (Å²) in [6, 6.07) is 13.3. The Kier molecular flexibility index (Phi) is 6.80. The molecule has 176 valence electrons. The number of amides is 1. The molecule has 1 amide bonds. The van der Waals surface area contributed by atoms with E-state index in [2.05, 4.69) is 62.2 Å². The van der Waals surface area contributed by atoms with Crippen LogP contribution in [0.5, 0.6) is 5.75 Å². The van der Waals surface area contributed by atoms with Gasteiger partial charge in [0.15, 0.2) is 0 Å². The van der Waals surface area contributed by atoms with E-state index in [1.54, 1.807) is 7.11 Å². The van der Waals surface area contributed by atoms with E-state index in [-0.39, 0.29) is 5.91 Å². The molecule has 0 aliphatic carbocycles. The van der Waals surface area contributed by atoms with Crippen LogP contribution in [0.25, 0.3) is 22.2 Å². The molecule has 1 aromatic heterocycles. The van der Waals surface area contributed by atoms with Crippen molar-refractivity contribution in [3.8, 4) is 17.0 Å². The molecule has 4 rings (SSSR count). The van der Waals surface area contributed by atoms with Crippen LogP contribution in [0.3, 0.4) is 0 Å². The number of fused-ring (bicyclic) bond motifs is 1. The van der Waals surface area contributed by atoms with Crippen molar-refractivity contribution in [2.24, 2.45) is 0 Å². The van der Waals surface area contributed by atoms with Crippen molar-refractivity contribution in [2.75, 3.05) is 40.8 Å². The Labute approximate surface area is 197 Å². The number of hydrogen-bond acceptors (Lipinski definition) is 3. The van der Waals surface area contributed by atoms with Crippen LogP contribution in [0.2, 0.25) is 0 Å². The van der Waals surface area contributed by atoms with Crippen LogP contribution in [0.1, 0.15) is 55.2 Å². The lowest BCUT2D eigenvalue weighted by molar-refractivity contribution is -0.132. The van der Waals surface area contributed by atoms with E-state index in [0.29, 0.717) is 18.4 Å². The molecule has 1 saturated heterocycles. The summed E-state index contributed by atoms with van der Waals surface area (Å²) in [6.07, 6.45) is 2.04. The van der Waals surface area contributed by atoms with Crippen LogP contribution in [0.15, 0.2) is 36.4 Å². The highest BCUT2D eigenvalue weighted by atomic mass is 16.5. The van der Waals surface area contributed by atoms with E-state index in [1.807, 2.05) is 23.9 Å². The summed E-state index contributed by atoms with van der Waals surface area (Å²) in [5, 5.41) is 1.31. The fraction of sp³-hybridized carbons (Fsp3) is 0.464. The normalized spacial score (nSPS) is 15.1. The zero-order valence-corrected chi connectivity index (χ0v) is 20.9. The van der Waals surface area contributed by atoms with Crippen LogP contribution < -0.4 is 4.74 Å². The van der Waals surface area contributed by atoms with Crippen molar-refractivity contribution >= 4 is 16.8 Å². The molecule has 0 radical (unpaired) electrons. The molecule has 2 heterocycles. The third kappa shape index (κ3) is 4.79. The largest absolute Gasteiger partial charge is 0.496 e. The molecule has 1 aliphatic heterocycles. The summed E-state index contributed by atoms with van der Waals surface area (Å²) in [5.74, 6) is 2.04. The van der Waals surface area contributed by atoms with Crippen molar-refractivity contribution in [3.05, 3.63) is 53.1 Å². The first-order valence-electron chi connectivity index (χ1n) is 12.0. The van der Waals surface area contributed by atoms with Gasteiger partial charge in [-0.2, -0.15) is 0 Å². The van der Waals surface area contributed by atoms with Gasteiger partial charge in [0.2, 0.25) is 5.91 Å². The Bertz CT molecular complexity index is 1140. The second-order valence-electron chi connectivity index (χ2n) is 9.95. The van der Waals surface area contributed by atoms with Gasteiger partial charge in [-0.1, -0.05) is 32.0 Å². The van der Waals surface area contributed by atoms with Crippen molar-refractivity contribution < 1.29 is 9.53 Å². The third-order valence-corrected chi connectivity index (χ3v) is 6.91. The number of likely N-dealkylation sites (N-methyl/N-ethyl adjacent to an activating group) is 1. The van der Waals surface area contributed by atoms with Crippen molar-refractivity contribution in [1.82, 2.24) is 14.8 Å². The number of rotatable bonds is 6. The lowest BCUT2D eigenvalue weighted by Gasteiger charge is -2.33. The highest BCUT2D eigenvalue weighted by Crippen LogP contribution is 2.39. The molecule has 0 saturated carbocycles. The van der Waals surface area contributed by atoms with Crippen molar-refractivity contribution in [3.63, 3.8) is 0 Å². The standard InChI is InChI=1S/C28H37N3O2/c1-18(2)27-23-15-21(20-11-13-31(14-12-20)26(32)17-30(4)5)9-10-24(23)29-28(27)22-8-7-19(3)25(16-22)33-6/h7-10,15-16,18,20,29H,11-14,17H2,1-6H3. The molecule has 1 fully saturated rings. The number of aryl methyl sites for hydroxylation is 1. The lowest BCUT2D eigenvalue weighted by Crippen LogP contribution is -2.42. The summed E-state index contributed by atoms with van der Waals surface area (Å²) in [6.45, 7) is 8.77. The summed E-state index contributed by atoms with van der Waals surface area (Å²) in [4.78, 5) is 20.1. The number of H-pyrrole nitrogens is 1. The Morgan fingerprint density at radius 2 is 1.88 bits per heavy atom. The maximum atomic E-state index is 12.4. The van der Waals surface area contributed by atoms with E-state index in [1.165, 1.54) is 27.7 Å². The molecule has 5 heteroatoms. The van der Waals surface area contributed by atoms with Crippen LogP contribution in [-0.2, 0) is 4.79 Å². The zero-order valence-electron chi connectivity index (χ0n) is 20.9. The number of aromatic nitrogens is 1. The van der Waals surface area contributed by atoms with Gasteiger partial charge in [-0.25, -0.2) is 0 Å². The second-order valence-corrected chi connectivity index (χ2v) is 9.95. The van der Waals surface area contributed by atoms with Crippen molar-refractivity contribution in [2.45, 2.75) is 45.4 Å². The Balaban J connectivity index is 1.63. The van der Waals surface area contributed by atoms with Crippen LogP contribution >= 0.6 is 0 Å². The van der Waals surface area contributed by atoms with Gasteiger partial charge in [-0.3, -0.25) is 4.79 Å². The molecular weight excluding hydrogens is 410 g/mol. The maximum absolute atomic E-state index is 12.4. The molecule has 0 atom stereocenters. The van der Waals surface area contributed by atoms with E-state index in [9.17, 15) is 4.79 Å². The van der Waals surface area contributed by atoms with Crippen LogP contribution in [0.4, 0.5) is 0 Å². The monoisotopic (exact) mass is 447 g/mol. The van der Waals surface area contributed by atoms with Crippen LogP contribution in [0, 0.1) is 6.92 Å². The van der Waals surface area contributed by atoms with Gasteiger partial charge >= 0.3 is 0 Å². The number of aromatic amines is 1. The molecule has 33 heavy (non-hydrogen) atoms. The van der Waals surface area contributed by atoms with Gasteiger partial charge in [0, 0.05) is 29.6 Å². The Morgan fingerprint density at radius 3 is 2.52 bits per heavy atom. The number of carbonyl (C=O) groups is 1. The number of nitrogens with one attached hydrogen (secondary N) is 1. The van der Waals surface area contributed by atoms with Gasteiger partial charge in [0.1, 0.15) is 5.75 Å². The zero-order chi connectivity index (χ0) is 23.7. The van der Waals surface area contributed by atoms with Gasteiger partial charge in [-0.05, 0) is 80.6 Å². The molecule has 0 spiro atoms. The Morgan fingerprint density at radius 1 is 1.15 bits per heavy atom. The topological polar surface area (TPSA) is 48.6 Å². The predicted molar refractivity (Wildman–Crippen MR) is 136 cm³/mol. The predicted octanol–water partition coefficient (Wildman–Crippen LogP) is 5.54. The highest BCUT2D eigenvalue weighted by molar-refractivity contribution is 5.92. The fourth-order valence-corrected chi connectivity index (χ4v) is 5.12. The highest BCUT2D eigenvalue weighted by Gasteiger charge is 2.25. The second kappa shape index (κ2) is 9.60. The smallest absolute Gasteiger partial charge is 0.236 e. The van der Waals surface area contributed by atoms with Gasteiger partial charge in [-0.15, -0.1) is 0 Å². The fourth-order valence-electron chi connectivity index (χ4n) is 5.12. The van der Waals surface area contributed by atoms with Gasteiger partial charge < -0.3 is 19.5 Å². The average molecular weight is 448 g/mol. The summed E-state index contributed by atoms with van der Waals surface area (Å²) in [5.41, 5.74) is 7.40. The minimum atomic E-state index is 0.236. The number of benzene rings is 2. The van der Waals surface area contributed by atoms with Crippen molar-refractivity contribution in [1.29, 1.82) is 0 Å². The first kappa shape index (κ1) is 23.4. The molecule has 1 N–H and O–H groups in total. The molecule has 5 nitrogen and oxygen atoms in total. The lowest BCUT2D eigenvalue weighted by atomic mass is 9.87. The molecule has 0 unspecified atom stereocenters. The average Bonchev–Trinajstić information content (AvgIpc) is 3.18. The van der Waals surface area contributed by atoms with E-state index in [0.717, 1.165) is 42.8 Å². The number of likely N-dealkylation sites (tertiary alicyclic amines) is 1. The van der Waals surface area contributed by atoms with Crippen LogP contribution in [-0.4, -0.2) is 61.5 Å². The first-order valence-corrected chi connectivity index (χ1v) is 12.0. The number of carbonyl (C=O) groups excluding carboxylic acids is 1. The Hall–Kier alpha value is -2.79. The number of nitrogens with zero attached hydrogens (tertiary/aromatic N) is 2. The van der Waals surface area contributed by atoms with E-state index < -0.39 is 0 Å². The number of hydrogen-bond donors (Lipinski definition) is 1. The summed E-state index contributed by atoms with van der Waals surface area (Å²) >= 11 is 0. The maximum Gasteiger partial charge on any atom is 0.236 e. The minimum absolute atomic E-state index is 0.236. The molecule has 2 aromatic carbocycles. The summed E-state index contributed by atoms with van der Waals surface area (Å²) in [7, 11) is 5.63. The minimum Gasteiger partial charge on any atom is -0.496 e. The number of methoxy groups -OCH3 is 1. The summed E-state index contributed by atoms with van der Waals surface area (Å²) < 4.78 is 5.58. The first-order chi connectivity index (χ1) is 15.8. The third-order valence-electron chi connectivity index (χ3n) is 6.91. The molecule has 1 aliphatic rings. The van der Waals surface area contributed by atoms with Gasteiger partial charge in [0.25, 0.3) is 0 Å². The number of piperidine rings is 1. The molecule has 0 bridgehead atoms. The van der Waals surface area contributed by atoms with E-state index in [4.69, 9.17) is 4.74 Å². The quantitative estimate of drug-likeness (QED) is 0.539.